The fraction of sp³-hybridized carbons (Fsp3) is 0.235. The van der Waals surface area contributed by atoms with E-state index in [9.17, 15) is 9.18 Å². The summed E-state index contributed by atoms with van der Waals surface area (Å²) >= 11 is 1.65. The first-order valence-corrected chi connectivity index (χ1v) is 8.20. The minimum atomic E-state index is -0.274. The zero-order chi connectivity index (χ0) is 15.5. The molecule has 0 spiro atoms. The molecule has 0 aliphatic carbocycles. The van der Waals surface area contributed by atoms with Gasteiger partial charge in [0, 0.05) is 18.0 Å². The maximum absolute atomic E-state index is 13.4. The van der Waals surface area contributed by atoms with Gasteiger partial charge in [0.25, 0.3) is 0 Å². The smallest absolute Gasteiger partial charge is 0.308 e. The molecular formula is C17H17FN2OS. The molecule has 1 aliphatic heterocycles. The summed E-state index contributed by atoms with van der Waals surface area (Å²) < 4.78 is 13.4. The van der Waals surface area contributed by atoms with Crippen molar-refractivity contribution in [3.8, 4) is 0 Å². The first-order valence-electron chi connectivity index (χ1n) is 7.15. The lowest BCUT2D eigenvalue weighted by Crippen LogP contribution is -2.34. The van der Waals surface area contributed by atoms with Crippen LogP contribution in [0.5, 0.6) is 0 Å². The van der Waals surface area contributed by atoms with E-state index in [1.165, 1.54) is 12.1 Å². The van der Waals surface area contributed by atoms with E-state index in [-0.39, 0.29) is 17.2 Å². The zero-order valence-corrected chi connectivity index (χ0v) is 13.1. The summed E-state index contributed by atoms with van der Waals surface area (Å²) in [6.45, 7) is 2.61. The SMILES string of the molecule is Cc1ccccc1NC(=O)N1CCSC1c1cccc(F)c1. The molecule has 0 radical (unpaired) electrons. The van der Waals surface area contributed by atoms with Gasteiger partial charge in [-0.2, -0.15) is 0 Å². The standard InChI is InChI=1S/C17H17FN2OS/c1-12-5-2-3-8-15(12)19-17(21)20-9-10-22-16(20)13-6-4-7-14(18)11-13/h2-8,11,16H,9-10H2,1H3,(H,19,21). The number of carbonyl (C=O) groups excluding carboxylic acids is 1. The van der Waals surface area contributed by atoms with Crippen molar-refractivity contribution in [1.82, 2.24) is 4.90 Å². The number of nitrogens with one attached hydrogen (secondary N) is 1. The van der Waals surface area contributed by atoms with Gasteiger partial charge >= 0.3 is 6.03 Å². The number of hydrogen-bond acceptors (Lipinski definition) is 2. The predicted octanol–water partition coefficient (Wildman–Crippen LogP) is 4.41. The van der Waals surface area contributed by atoms with Crippen molar-refractivity contribution in [2.45, 2.75) is 12.3 Å². The van der Waals surface area contributed by atoms with Crippen molar-refractivity contribution in [2.24, 2.45) is 0 Å². The van der Waals surface area contributed by atoms with Gasteiger partial charge in [-0.1, -0.05) is 30.3 Å². The molecule has 1 N–H and O–H groups in total. The van der Waals surface area contributed by atoms with Crippen LogP contribution < -0.4 is 5.32 Å². The van der Waals surface area contributed by atoms with Gasteiger partial charge in [0.1, 0.15) is 11.2 Å². The third kappa shape index (κ3) is 3.09. The summed E-state index contributed by atoms with van der Waals surface area (Å²) in [5.74, 6) is 0.576. The van der Waals surface area contributed by atoms with E-state index in [0.29, 0.717) is 6.54 Å². The maximum Gasteiger partial charge on any atom is 0.323 e. The quantitative estimate of drug-likeness (QED) is 0.890. The highest BCUT2D eigenvalue weighted by molar-refractivity contribution is 7.99. The summed E-state index contributed by atoms with van der Waals surface area (Å²) in [6, 6.07) is 14.0. The lowest BCUT2D eigenvalue weighted by molar-refractivity contribution is 0.214. The molecular weight excluding hydrogens is 299 g/mol. The number of urea groups is 1. The highest BCUT2D eigenvalue weighted by Crippen LogP contribution is 2.38. The van der Waals surface area contributed by atoms with Crippen LogP contribution in [0.2, 0.25) is 0 Å². The molecule has 1 fully saturated rings. The lowest BCUT2D eigenvalue weighted by Gasteiger charge is -2.24. The molecule has 114 valence electrons. The van der Waals surface area contributed by atoms with Crippen molar-refractivity contribution >= 4 is 23.5 Å². The molecule has 0 saturated carbocycles. The van der Waals surface area contributed by atoms with Gasteiger partial charge in [-0.3, -0.25) is 0 Å². The average Bonchev–Trinajstić information content (AvgIpc) is 2.99. The molecule has 1 saturated heterocycles. The number of rotatable bonds is 2. The van der Waals surface area contributed by atoms with Crippen LogP contribution in [0.25, 0.3) is 0 Å². The number of amides is 2. The fourth-order valence-corrected chi connectivity index (χ4v) is 3.76. The van der Waals surface area contributed by atoms with E-state index in [1.54, 1.807) is 22.7 Å². The van der Waals surface area contributed by atoms with Crippen LogP contribution in [0.3, 0.4) is 0 Å². The molecule has 5 heteroatoms. The van der Waals surface area contributed by atoms with Crippen LogP contribution >= 0.6 is 11.8 Å². The summed E-state index contributed by atoms with van der Waals surface area (Å²) in [6.07, 6.45) is 0. The van der Waals surface area contributed by atoms with E-state index >= 15 is 0 Å². The Balaban J connectivity index is 1.78. The van der Waals surface area contributed by atoms with Crippen LogP contribution in [-0.2, 0) is 0 Å². The van der Waals surface area contributed by atoms with E-state index in [2.05, 4.69) is 5.32 Å². The highest BCUT2D eigenvalue weighted by Gasteiger charge is 2.31. The number of thioether (sulfide) groups is 1. The summed E-state index contributed by atoms with van der Waals surface area (Å²) in [5.41, 5.74) is 2.65. The van der Waals surface area contributed by atoms with E-state index in [4.69, 9.17) is 0 Å². The lowest BCUT2D eigenvalue weighted by atomic mass is 10.2. The molecule has 1 heterocycles. The molecule has 3 rings (SSSR count). The van der Waals surface area contributed by atoms with Gasteiger partial charge in [-0.15, -0.1) is 11.8 Å². The Morgan fingerprint density at radius 3 is 2.86 bits per heavy atom. The second-order valence-electron chi connectivity index (χ2n) is 5.22. The van der Waals surface area contributed by atoms with Crippen molar-refractivity contribution < 1.29 is 9.18 Å². The Labute approximate surface area is 133 Å². The van der Waals surface area contributed by atoms with Crippen LogP contribution in [0, 0.1) is 12.7 Å². The Hall–Kier alpha value is -2.01. The Morgan fingerprint density at radius 2 is 2.09 bits per heavy atom. The van der Waals surface area contributed by atoms with Gasteiger partial charge in [-0.05, 0) is 36.2 Å². The topological polar surface area (TPSA) is 32.3 Å². The number of aryl methyl sites for hydroxylation is 1. The summed E-state index contributed by atoms with van der Waals surface area (Å²) in [4.78, 5) is 14.3. The monoisotopic (exact) mass is 316 g/mol. The van der Waals surface area contributed by atoms with E-state index in [0.717, 1.165) is 22.6 Å². The van der Waals surface area contributed by atoms with E-state index in [1.807, 2.05) is 37.3 Å². The molecule has 22 heavy (non-hydrogen) atoms. The van der Waals surface area contributed by atoms with Crippen molar-refractivity contribution in [1.29, 1.82) is 0 Å². The average molecular weight is 316 g/mol. The van der Waals surface area contributed by atoms with Crippen LogP contribution in [-0.4, -0.2) is 23.2 Å². The van der Waals surface area contributed by atoms with Gasteiger partial charge in [0.15, 0.2) is 0 Å². The highest BCUT2D eigenvalue weighted by atomic mass is 32.2. The number of hydrogen-bond donors (Lipinski definition) is 1. The number of para-hydroxylation sites is 1. The van der Waals surface area contributed by atoms with Crippen LogP contribution in [0.15, 0.2) is 48.5 Å². The van der Waals surface area contributed by atoms with Crippen molar-refractivity contribution in [3.05, 3.63) is 65.5 Å². The molecule has 2 amide bonds. The number of nitrogens with zero attached hydrogens (tertiary/aromatic N) is 1. The van der Waals surface area contributed by atoms with Gasteiger partial charge in [0.05, 0.1) is 0 Å². The molecule has 2 aromatic carbocycles. The second-order valence-corrected chi connectivity index (χ2v) is 6.40. The largest absolute Gasteiger partial charge is 0.323 e. The van der Waals surface area contributed by atoms with Crippen molar-refractivity contribution in [3.63, 3.8) is 0 Å². The Morgan fingerprint density at radius 1 is 1.27 bits per heavy atom. The number of carbonyl (C=O) groups is 1. The Kier molecular flexibility index (Phi) is 4.34. The molecule has 1 unspecified atom stereocenters. The van der Waals surface area contributed by atoms with E-state index < -0.39 is 0 Å². The van der Waals surface area contributed by atoms with Gasteiger partial charge in [-0.25, -0.2) is 9.18 Å². The molecule has 1 aliphatic rings. The molecule has 0 aromatic heterocycles. The van der Waals surface area contributed by atoms with Crippen LogP contribution in [0.4, 0.5) is 14.9 Å². The third-order valence-corrected chi connectivity index (χ3v) is 4.93. The normalized spacial score (nSPS) is 17.5. The second kappa shape index (κ2) is 6.40. The fourth-order valence-electron chi connectivity index (χ4n) is 2.51. The Bertz CT molecular complexity index is 692. The predicted molar refractivity (Wildman–Crippen MR) is 88.5 cm³/mol. The third-order valence-electron chi connectivity index (χ3n) is 3.67. The first kappa shape index (κ1) is 14.9. The molecule has 1 atom stereocenters. The number of benzene rings is 2. The summed E-state index contributed by atoms with van der Waals surface area (Å²) in [7, 11) is 0. The number of halogens is 1. The minimum absolute atomic E-state index is 0.139. The number of anilines is 1. The minimum Gasteiger partial charge on any atom is -0.308 e. The van der Waals surface area contributed by atoms with Crippen LogP contribution in [0.1, 0.15) is 16.5 Å². The van der Waals surface area contributed by atoms with Gasteiger partial charge in [0.2, 0.25) is 0 Å². The summed E-state index contributed by atoms with van der Waals surface area (Å²) in [5, 5.41) is 2.81. The van der Waals surface area contributed by atoms with Crippen molar-refractivity contribution in [2.75, 3.05) is 17.6 Å². The maximum atomic E-state index is 13.4. The first-order chi connectivity index (χ1) is 10.6. The molecule has 2 aromatic rings. The molecule has 3 nitrogen and oxygen atoms in total. The molecule has 0 bridgehead atoms. The van der Waals surface area contributed by atoms with Gasteiger partial charge < -0.3 is 10.2 Å². The zero-order valence-electron chi connectivity index (χ0n) is 12.3.